The third-order valence-electron chi connectivity index (χ3n) is 8.31. The van der Waals surface area contributed by atoms with E-state index in [1.807, 2.05) is 67.7 Å². The summed E-state index contributed by atoms with van der Waals surface area (Å²) in [5.41, 5.74) is 4.83. The number of halogens is 2. The van der Waals surface area contributed by atoms with Gasteiger partial charge in [-0.1, -0.05) is 46.9 Å². The number of benzene rings is 3. The molecule has 1 amide bonds. The van der Waals surface area contributed by atoms with Crippen molar-refractivity contribution in [2.24, 2.45) is 4.99 Å². The van der Waals surface area contributed by atoms with Crippen molar-refractivity contribution in [2.45, 2.75) is 24.7 Å². The van der Waals surface area contributed by atoms with Gasteiger partial charge in [0.1, 0.15) is 0 Å². The predicted molar refractivity (Wildman–Crippen MR) is 188 cm³/mol. The molecule has 0 spiro atoms. The number of nitrogens with one attached hydrogen (secondary N) is 2. The van der Waals surface area contributed by atoms with Gasteiger partial charge in [-0.2, -0.15) is 0 Å². The Morgan fingerprint density at radius 1 is 1.09 bits per heavy atom. The molecule has 2 aliphatic rings. The molecular weight excluding hydrogens is 618 g/mol. The fraction of sp³-hybridized carbons (Fsp3) is 0.306. The zero-order valence-corrected chi connectivity index (χ0v) is 27.5. The second-order valence-electron chi connectivity index (χ2n) is 11.7. The molecule has 0 aliphatic carbocycles. The van der Waals surface area contributed by atoms with Crippen LogP contribution in [0.2, 0.25) is 0 Å². The van der Waals surface area contributed by atoms with E-state index in [4.69, 9.17) is 4.99 Å². The number of amides is 1. The van der Waals surface area contributed by atoms with Crippen LogP contribution in [0, 0.1) is 11.8 Å². The molecule has 0 bridgehead atoms. The predicted octanol–water partition coefficient (Wildman–Crippen LogP) is 5.60. The van der Waals surface area contributed by atoms with Crippen molar-refractivity contribution < 1.29 is 18.7 Å². The Morgan fingerprint density at radius 2 is 1.79 bits per heavy atom. The fourth-order valence-corrected chi connectivity index (χ4v) is 7.92. The van der Waals surface area contributed by atoms with Crippen molar-refractivity contribution in [3.05, 3.63) is 83.4 Å². The van der Waals surface area contributed by atoms with E-state index in [1.165, 1.54) is 0 Å². The number of carbonyl (C=O) groups is 1. The minimum Gasteiger partial charge on any atom is -0.494 e. The number of hydrogen-bond acceptors (Lipinski definition) is 6. The number of aromatic nitrogens is 1. The van der Waals surface area contributed by atoms with E-state index in [0.29, 0.717) is 39.2 Å². The van der Waals surface area contributed by atoms with Crippen LogP contribution < -0.4 is 10.2 Å². The molecule has 3 heterocycles. The molecule has 0 saturated carbocycles. The average Bonchev–Trinajstić information content (AvgIpc) is 3.37. The minimum atomic E-state index is -2.75. The van der Waals surface area contributed by atoms with Crippen molar-refractivity contribution in [3.8, 4) is 17.7 Å². The molecule has 6 rings (SSSR count). The largest absolute Gasteiger partial charge is 0.494 e. The standard InChI is InChI=1S/C36H38F2N6O2S/c1-4-39-32(45)16-11-26-21-30-29(22-31(26)47(5-2)44-23-36(37,38)24-44)33(35(46)41-30)34(25-9-7-6-8-10-25)40-27-12-14-28(15-13-27)43-19-17-42(3)18-20-43/h5-10,12-15,21-22,41,46H,4,17-20,23-24H2,1-3H3,(H,39,45). The average molecular weight is 657 g/mol. The maximum Gasteiger partial charge on any atom is 0.296 e. The van der Waals surface area contributed by atoms with Crippen LogP contribution in [0.5, 0.6) is 5.88 Å². The van der Waals surface area contributed by atoms with Crippen LogP contribution in [0.3, 0.4) is 0 Å². The maximum absolute atomic E-state index is 14.0. The Hall–Kier alpha value is -4.50. The normalized spacial score (nSPS) is 17.6. The number of aromatic amines is 1. The molecule has 2 fully saturated rings. The molecule has 0 radical (unpaired) electrons. The van der Waals surface area contributed by atoms with Crippen LogP contribution in [0.25, 0.3) is 10.9 Å². The van der Waals surface area contributed by atoms with Gasteiger partial charge in [0.05, 0.1) is 35.6 Å². The van der Waals surface area contributed by atoms with Crippen LogP contribution in [0.1, 0.15) is 30.5 Å². The molecule has 8 nitrogen and oxygen atoms in total. The Labute approximate surface area is 276 Å². The smallest absolute Gasteiger partial charge is 0.296 e. The SMILES string of the molecule is C/C=S(\c1cc2c(C(=Nc3ccc(N4CCN(C)CC4)cc3)c3ccccc3)c(O)[nH]c2cc1C#CC(=O)NCC)N1CC(F)(F)C1. The highest BCUT2D eigenvalue weighted by atomic mass is 32.2. The second-order valence-corrected chi connectivity index (χ2v) is 13.7. The molecule has 244 valence electrons. The number of anilines is 1. The Morgan fingerprint density at radius 3 is 2.43 bits per heavy atom. The van der Waals surface area contributed by atoms with Gasteiger partial charge in [0.15, 0.2) is 5.88 Å². The summed E-state index contributed by atoms with van der Waals surface area (Å²) in [6.07, 6.45) is 0. The number of fused-ring (bicyclic) bond motifs is 1. The minimum absolute atomic E-state index is 0.0766. The van der Waals surface area contributed by atoms with E-state index in [9.17, 15) is 18.7 Å². The molecule has 11 heteroatoms. The van der Waals surface area contributed by atoms with Gasteiger partial charge >= 0.3 is 0 Å². The van der Waals surface area contributed by atoms with E-state index >= 15 is 0 Å². The van der Waals surface area contributed by atoms with Gasteiger partial charge in [-0.25, -0.2) is 18.1 Å². The van der Waals surface area contributed by atoms with Crippen LogP contribution in [0.15, 0.2) is 76.6 Å². The van der Waals surface area contributed by atoms with E-state index in [1.54, 1.807) is 10.4 Å². The third-order valence-corrected chi connectivity index (χ3v) is 10.4. The zero-order chi connectivity index (χ0) is 33.1. The first-order valence-electron chi connectivity index (χ1n) is 15.7. The Balaban J connectivity index is 1.47. The van der Waals surface area contributed by atoms with Crippen LogP contribution >= 0.6 is 10.7 Å². The first kappa shape index (κ1) is 32.4. The number of carbonyl (C=O) groups excluding carboxylic acids is 1. The number of rotatable bonds is 7. The number of alkyl halides is 2. The van der Waals surface area contributed by atoms with E-state index in [0.717, 1.165) is 43.1 Å². The Bertz CT molecular complexity index is 1890. The van der Waals surface area contributed by atoms with Crippen molar-refractivity contribution in [2.75, 3.05) is 57.8 Å². The summed E-state index contributed by atoms with van der Waals surface area (Å²) in [7, 11) is 1.30. The van der Waals surface area contributed by atoms with Gasteiger partial charge in [-0.15, -0.1) is 0 Å². The number of aliphatic imine (C=N–C) groups is 1. The number of piperazine rings is 1. The van der Waals surface area contributed by atoms with Crippen molar-refractivity contribution in [1.29, 1.82) is 0 Å². The lowest BCUT2D eigenvalue weighted by Crippen LogP contribution is -2.53. The number of aromatic hydroxyl groups is 1. The highest BCUT2D eigenvalue weighted by molar-refractivity contribution is 8.13. The molecule has 1 atom stereocenters. The summed E-state index contributed by atoms with van der Waals surface area (Å²) in [6, 6.07) is 21.4. The molecular formula is C36H38F2N6O2S. The fourth-order valence-electron chi connectivity index (χ4n) is 5.86. The lowest BCUT2D eigenvalue weighted by atomic mass is 10.00. The quantitative estimate of drug-likeness (QED) is 0.137. The molecule has 2 saturated heterocycles. The molecule has 1 unspecified atom stereocenters. The summed E-state index contributed by atoms with van der Waals surface area (Å²) in [6.45, 7) is 7.28. The maximum atomic E-state index is 14.0. The highest BCUT2D eigenvalue weighted by Gasteiger charge is 2.45. The van der Waals surface area contributed by atoms with Crippen LogP contribution in [-0.4, -0.2) is 95.1 Å². The summed E-state index contributed by atoms with van der Waals surface area (Å²) >= 11 is 0. The number of hydrogen-bond donors (Lipinski definition) is 3. The third kappa shape index (κ3) is 7.10. The van der Waals surface area contributed by atoms with Crippen molar-refractivity contribution >= 4 is 49.9 Å². The van der Waals surface area contributed by atoms with E-state index in [2.05, 4.69) is 51.1 Å². The van der Waals surface area contributed by atoms with Gasteiger partial charge in [0, 0.05) is 65.7 Å². The first-order chi connectivity index (χ1) is 22.7. The monoisotopic (exact) mass is 656 g/mol. The number of likely N-dealkylation sites (N-methyl/N-ethyl adjacent to an activating group) is 1. The number of nitrogens with zero attached hydrogens (tertiary/aromatic N) is 4. The summed E-state index contributed by atoms with van der Waals surface area (Å²) in [4.78, 5) is 25.8. The lowest BCUT2D eigenvalue weighted by Gasteiger charge is -2.40. The van der Waals surface area contributed by atoms with Gasteiger partial charge in [-0.3, -0.25) is 4.79 Å². The molecule has 47 heavy (non-hydrogen) atoms. The van der Waals surface area contributed by atoms with Crippen LogP contribution in [-0.2, 0) is 4.79 Å². The van der Waals surface area contributed by atoms with Gasteiger partial charge in [-0.05, 0) is 62.7 Å². The van der Waals surface area contributed by atoms with Gasteiger partial charge < -0.3 is 25.2 Å². The first-order valence-corrected chi connectivity index (χ1v) is 16.9. The molecule has 2 aliphatic heterocycles. The summed E-state index contributed by atoms with van der Waals surface area (Å²) in [5, 5.41) is 16.6. The van der Waals surface area contributed by atoms with Crippen LogP contribution in [0.4, 0.5) is 20.2 Å². The number of H-pyrrole nitrogens is 1. The van der Waals surface area contributed by atoms with Crippen molar-refractivity contribution in [3.63, 3.8) is 0 Å². The highest BCUT2D eigenvalue weighted by Crippen LogP contribution is 2.44. The molecule has 3 N–H and O–H groups in total. The second kappa shape index (κ2) is 13.7. The zero-order valence-electron chi connectivity index (χ0n) is 26.7. The molecule has 1 aromatic heterocycles. The van der Waals surface area contributed by atoms with Gasteiger partial charge in [0.2, 0.25) is 0 Å². The van der Waals surface area contributed by atoms with Crippen molar-refractivity contribution in [1.82, 2.24) is 19.5 Å². The van der Waals surface area contributed by atoms with E-state index in [-0.39, 0.29) is 19.0 Å². The topological polar surface area (TPSA) is 87.2 Å². The molecule has 3 aromatic carbocycles. The summed E-state index contributed by atoms with van der Waals surface area (Å²) in [5.74, 6) is 2.33. The van der Waals surface area contributed by atoms with E-state index < -0.39 is 22.5 Å². The summed E-state index contributed by atoms with van der Waals surface area (Å²) < 4.78 is 29.7. The Kier molecular flexibility index (Phi) is 9.45. The van der Waals surface area contributed by atoms with Gasteiger partial charge in [0.25, 0.3) is 11.8 Å². The molecule has 4 aromatic rings. The lowest BCUT2D eigenvalue weighted by molar-refractivity contribution is -0.115.